The Bertz CT molecular complexity index is 421. The van der Waals surface area contributed by atoms with Crippen LogP contribution in [0.15, 0.2) is 18.2 Å². The number of nitrogens with one attached hydrogen (secondary N) is 1. The first-order chi connectivity index (χ1) is 8.41. The summed E-state index contributed by atoms with van der Waals surface area (Å²) >= 11 is 0. The molecule has 0 aliphatic carbocycles. The van der Waals surface area contributed by atoms with Crippen molar-refractivity contribution >= 4 is 5.91 Å². The first-order valence-corrected chi connectivity index (χ1v) is 5.82. The highest BCUT2D eigenvalue weighted by Gasteiger charge is 2.15. The summed E-state index contributed by atoms with van der Waals surface area (Å²) in [6.45, 7) is 3.82. The number of halogens is 2. The monoisotopic (exact) mass is 257 g/mol. The Morgan fingerprint density at radius 3 is 2.67 bits per heavy atom. The van der Waals surface area contributed by atoms with Gasteiger partial charge in [0.05, 0.1) is 11.7 Å². The van der Waals surface area contributed by atoms with E-state index in [-0.39, 0.29) is 11.5 Å². The number of rotatable bonds is 5. The summed E-state index contributed by atoms with van der Waals surface area (Å²) in [5.41, 5.74) is -0.306. The van der Waals surface area contributed by atoms with Crippen LogP contribution in [0.2, 0.25) is 0 Å². The van der Waals surface area contributed by atoms with Gasteiger partial charge in [0.1, 0.15) is 0 Å². The fraction of sp³-hybridized carbons (Fsp3) is 0.462. The van der Waals surface area contributed by atoms with Crippen LogP contribution in [-0.4, -0.2) is 23.7 Å². The highest BCUT2D eigenvalue weighted by Crippen LogP contribution is 2.11. The second kappa shape index (κ2) is 6.44. The van der Waals surface area contributed by atoms with Gasteiger partial charge in [0, 0.05) is 6.54 Å². The molecule has 2 atom stereocenters. The number of hydrogen-bond donors (Lipinski definition) is 2. The molecule has 0 radical (unpaired) electrons. The molecule has 0 aromatic heterocycles. The molecular formula is C13H17F2NO2. The van der Waals surface area contributed by atoms with Crippen LogP contribution in [0.25, 0.3) is 0 Å². The fourth-order valence-electron chi connectivity index (χ4n) is 1.71. The van der Waals surface area contributed by atoms with Crippen LogP contribution in [0.3, 0.4) is 0 Å². The third-order valence-electron chi connectivity index (χ3n) is 2.55. The highest BCUT2D eigenvalue weighted by molar-refractivity contribution is 5.94. The number of amides is 1. The number of carbonyl (C=O) groups excluding carboxylic acids is 1. The molecule has 1 amide bonds. The molecule has 1 rings (SSSR count). The van der Waals surface area contributed by atoms with Crippen LogP contribution in [0.1, 0.15) is 30.6 Å². The molecule has 0 aliphatic heterocycles. The van der Waals surface area contributed by atoms with Crippen molar-refractivity contribution in [2.75, 3.05) is 6.54 Å². The molecule has 0 bridgehead atoms. The normalized spacial score (nSPS) is 14.1. The minimum absolute atomic E-state index is 0.0607. The van der Waals surface area contributed by atoms with Gasteiger partial charge in [-0.3, -0.25) is 4.79 Å². The molecule has 0 heterocycles. The molecule has 5 heteroatoms. The quantitative estimate of drug-likeness (QED) is 0.848. The maximum absolute atomic E-state index is 13.3. The summed E-state index contributed by atoms with van der Waals surface area (Å²) in [5, 5.41) is 11.7. The third-order valence-corrected chi connectivity index (χ3v) is 2.55. The van der Waals surface area contributed by atoms with Crippen molar-refractivity contribution in [3.63, 3.8) is 0 Å². The number of carbonyl (C=O) groups is 1. The molecule has 1 aromatic carbocycles. The van der Waals surface area contributed by atoms with Gasteiger partial charge in [-0.15, -0.1) is 0 Å². The Balaban J connectivity index is 2.58. The zero-order valence-electron chi connectivity index (χ0n) is 10.4. The van der Waals surface area contributed by atoms with Crippen molar-refractivity contribution in [1.82, 2.24) is 5.32 Å². The molecule has 1 aromatic rings. The van der Waals surface area contributed by atoms with E-state index < -0.39 is 23.6 Å². The number of benzene rings is 1. The molecular weight excluding hydrogens is 240 g/mol. The summed E-state index contributed by atoms with van der Waals surface area (Å²) in [7, 11) is 0. The van der Waals surface area contributed by atoms with Crippen LogP contribution in [-0.2, 0) is 0 Å². The number of aliphatic hydroxyl groups is 1. The lowest BCUT2D eigenvalue weighted by molar-refractivity contribution is 0.0934. The molecule has 100 valence electrons. The largest absolute Gasteiger partial charge is 0.393 e. The van der Waals surface area contributed by atoms with E-state index in [4.69, 9.17) is 5.11 Å². The first kappa shape index (κ1) is 14.6. The van der Waals surface area contributed by atoms with Crippen molar-refractivity contribution in [3.8, 4) is 0 Å². The van der Waals surface area contributed by atoms with Crippen molar-refractivity contribution in [2.24, 2.45) is 5.92 Å². The van der Waals surface area contributed by atoms with Crippen molar-refractivity contribution in [3.05, 3.63) is 35.4 Å². The third kappa shape index (κ3) is 4.07. The minimum Gasteiger partial charge on any atom is -0.393 e. The molecule has 0 saturated heterocycles. The molecule has 18 heavy (non-hydrogen) atoms. The van der Waals surface area contributed by atoms with E-state index in [1.807, 2.05) is 6.92 Å². The topological polar surface area (TPSA) is 49.3 Å². The van der Waals surface area contributed by atoms with Crippen LogP contribution in [0.5, 0.6) is 0 Å². The molecule has 3 nitrogen and oxygen atoms in total. The number of hydrogen-bond acceptors (Lipinski definition) is 2. The molecule has 0 spiro atoms. The van der Waals surface area contributed by atoms with Gasteiger partial charge in [0.2, 0.25) is 0 Å². The Kier molecular flexibility index (Phi) is 5.22. The van der Waals surface area contributed by atoms with Gasteiger partial charge < -0.3 is 10.4 Å². The van der Waals surface area contributed by atoms with Gasteiger partial charge in [-0.05, 0) is 31.4 Å². The lowest BCUT2D eigenvalue weighted by Crippen LogP contribution is -2.30. The average Bonchev–Trinajstić information content (AvgIpc) is 2.29. The van der Waals surface area contributed by atoms with E-state index in [2.05, 4.69) is 5.32 Å². The van der Waals surface area contributed by atoms with Gasteiger partial charge in [0.15, 0.2) is 11.6 Å². The summed E-state index contributed by atoms with van der Waals surface area (Å²) in [6.07, 6.45) is 0.0779. The summed E-state index contributed by atoms with van der Waals surface area (Å²) in [6, 6.07) is 3.47. The van der Waals surface area contributed by atoms with Crippen LogP contribution in [0.4, 0.5) is 8.78 Å². The Morgan fingerprint density at radius 2 is 2.06 bits per heavy atom. The van der Waals surface area contributed by atoms with Crippen LogP contribution >= 0.6 is 0 Å². The van der Waals surface area contributed by atoms with Crippen molar-refractivity contribution in [2.45, 2.75) is 26.4 Å². The van der Waals surface area contributed by atoms with Gasteiger partial charge in [-0.25, -0.2) is 8.78 Å². The smallest absolute Gasteiger partial charge is 0.254 e. The summed E-state index contributed by atoms with van der Waals surface area (Å²) < 4.78 is 26.2. The Labute approximate surface area is 105 Å². The van der Waals surface area contributed by atoms with Crippen LogP contribution < -0.4 is 5.32 Å². The van der Waals surface area contributed by atoms with E-state index in [0.29, 0.717) is 13.0 Å². The molecule has 2 unspecified atom stereocenters. The van der Waals surface area contributed by atoms with E-state index >= 15 is 0 Å². The fourth-order valence-corrected chi connectivity index (χ4v) is 1.71. The zero-order chi connectivity index (χ0) is 13.7. The standard InChI is InChI=1S/C13H17F2NO2/c1-8(6-9(2)17)7-16-13(18)10-4-3-5-11(14)12(10)15/h3-5,8-9,17H,6-7H2,1-2H3,(H,16,18). The summed E-state index contributed by atoms with van der Waals surface area (Å²) in [5.74, 6) is -2.77. The molecule has 0 fully saturated rings. The van der Waals surface area contributed by atoms with E-state index in [1.54, 1.807) is 6.92 Å². The van der Waals surface area contributed by atoms with Crippen LogP contribution in [0, 0.1) is 17.6 Å². The number of aliphatic hydroxyl groups excluding tert-OH is 1. The SMILES string of the molecule is CC(O)CC(C)CNC(=O)c1cccc(F)c1F. The van der Waals surface area contributed by atoms with Gasteiger partial charge in [0.25, 0.3) is 5.91 Å². The van der Waals surface area contributed by atoms with Gasteiger partial charge >= 0.3 is 0 Å². The first-order valence-electron chi connectivity index (χ1n) is 5.82. The molecule has 2 N–H and O–H groups in total. The second-order valence-electron chi connectivity index (χ2n) is 4.50. The molecule has 0 aliphatic rings. The predicted molar refractivity (Wildman–Crippen MR) is 64.2 cm³/mol. The highest BCUT2D eigenvalue weighted by atomic mass is 19.2. The minimum atomic E-state index is -1.14. The Morgan fingerprint density at radius 1 is 1.39 bits per heavy atom. The maximum Gasteiger partial charge on any atom is 0.254 e. The predicted octanol–water partition coefficient (Wildman–Crippen LogP) is 2.10. The van der Waals surface area contributed by atoms with Gasteiger partial charge in [-0.1, -0.05) is 13.0 Å². The van der Waals surface area contributed by atoms with Crippen molar-refractivity contribution in [1.29, 1.82) is 0 Å². The molecule has 0 saturated carbocycles. The lowest BCUT2D eigenvalue weighted by atomic mass is 10.0. The maximum atomic E-state index is 13.3. The van der Waals surface area contributed by atoms with Crippen molar-refractivity contribution < 1.29 is 18.7 Å². The van der Waals surface area contributed by atoms with E-state index in [1.165, 1.54) is 12.1 Å². The van der Waals surface area contributed by atoms with E-state index in [0.717, 1.165) is 6.07 Å². The summed E-state index contributed by atoms with van der Waals surface area (Å²) in [4.78, 5) is 11.6. The zero-order valence-corrected chi connectivity index (χ0v) is 10.4. The lowest BCUT2D eigenvalue weighted by Gasteiger charge is -2.14. The average molecular weight is 257 g/mol. The van der Waals surface area contributed by atoms with E-state index in [9.17, 15) is 13.6 Å². The van der Waals surface area contributed by atoms with Gasteiger partial charge in [-0.2, -0.15) is 0 Å². The Hall–Kier alpha value is -1.49. The second-order valence-corrected chi connectivity index (χ2v) is 4.50.